The zero-order valence-electron chi connectivity index (χ0n) is 11.7. The summed E-state index contributed by atoms with van der Waals surface area (Å²) >= 11 is 0. The van der Waals surface area contributed by atoms with Crippen LogP contribution in [0.1, 0.15) is 19.4 Å². The van der Waals surface area contributed by atoms with Gasteiger partial charge in [0.15, 0.2) is 0 Å². The molecule has 0 saturated heterocycles. The van der Waals surface area contributed by atoms with Crippen LogP contribution < -0.4 is 5.30 Å². The highest BCUT2D eigenvalue weighted by atomic mass is 31.1. The molecule has 2 aromatic carbocycles. The highest BCUT2D eigenvalue weighted by Gasteiger charge is 2.35. The predicted molar refractivity (Wildman–Crippen MR) is 80.9 cm³/mol. The molecule has 0 aliphatic carbocycles. The lowest BCUT2D eigenvalue weighted by molar-refractivity contribution is -0.384. The Morgan fingerprint density at radius 3 is 2.14 bits per heavy atom. The van der Waals surface area contributed by atoms with Crippen LogP contribution in [-0.2, 0) is 14.7 Å². The lowest BCUT2D eigenvalue weighted by Crippen LogP contribution is -2.19. The lowest BCUT2D eigenvalue weighted by Gasteiger charge is -2.18. The average molecular weight is 304 g/mol. The van der Waals surface area contributed by atoms with Gasteiger partial charge in [-0.3, -0.25) is 10.1 Å². The highest BCUT2D eigenvalue weighted by molar-refractivity contribution is 7.48. The van der Waals surface area contributed by atoms with E-state index in [1.807, 2.05) is 6.07 Å². The van der Waals surface area contributed by atoms with E-state index in [4.69, 9.17) is 4.52 Å². The molecule has 108 valence electrons. The molecule has 0 bridgehead atoms. The number of nitro groups is 1. The lowest BCUT2D eigenvalue weighted by atomic mass is 9.98. The molecular weight excluding hydrogens is 289 g/mol. The second-order valence-corrected chi connectivity index (χ2v) is 6.21. The number of nitrogens with zero attached hydrogens (tertiary/aromatic N) is 1. The zero-order valence-corrected chi connectivity index (χ0v) is 12.6. The molecule has 1 unspecified atom stereocenters. The van der Waals surface area contributed by atoms with E-state index in [1.54, 1.807) is 50.2 Å². The fourth-order valence-corrected chi connectivity index (χ4v) is 2.89. The summed E-state index contributed by atoms with van der Waals surface area (Å²) in [4.78, 5) is 10.2. The van der Waals surface area contributed by atoms with E-state index in [1.165, 1.54) is 12.1 Å². The number of hydrogen-bond donors (Lipinski definition) is 0. The van der Waals surface area contributed by atoms with Crippen molar-refractivity contribution >= 4 is 19.0 Å². The maximum absolute atomic E-state index is 12.2. The molecule has 0 aliphatic rings. The summed E-state index contributed by atoms with van der Waals surface area (Å²) in [5, 5.41) is 11.3. The van der Waals surface area contributed by atoms with Gasteiger partial charge in [-0.1, -0.05) is 18.2 Å². The number of non-ortho nitro benzene ring substituents is 1. The molecule has 5 nitrogen and oxygen atoms in total. The van der Waals surface area contributed by atoms with Crippen LogP contribution in [0, 0.1) is 10.1 Å². The maximum atomic E-state index is 12.2. The first-order valence-corrected chi connectivity index (χ1v) is 7.54. The molecule has 2 aromatic rings. The molecule has 0 fully saturated rings. The van der Waals surface area contributed by atoms with Crippen molar-refractivity contribution in [2.75, 3.05) is 0 Å². The van der Waals surface area contributed by atoms with Gasteiger partial charge in [-0.2, -0.15) is 0 Å². The van der Waals surface area contributed by atoms with E-state index in [2.05, 4.69) is 0 Å². The quantitative estimate of drug-likeness (QED) is 0.477. The smallest absolute Gasteiger partial charge is 0.258 e. The van der Waals surface area contributed by atoms with Gasteiger partial charge in [0.25, 0.3) is 5.69 Å². The van der Waals surface area contributed by atoms with Crippen molar-refractivity contribution in [1.29, 1.82) is 0 Å². The van der Waals surface area contributed by atoms with Gasteiger partial charge in [-0.25, -0.2) is 0 Å². The number of rotatable bonds is 5. The van der Waals surface area contributed by atoms with Crippen LogP contribution in [0.2, 0.25) is 0 Å². The van der Waals surface area contributed by atoms with E-state index in [-0.39, 0.29) is 5.69 Å². The van der Waals surface area contributed by atoms with Gasteiger partial charge in [-0.15, -0.1) is 4.52 Å². The Kier molecular flexibility index (Phi) is 4.46. The predicted octanol–water partition coefficient (Wildman–Crippen LogP) is 3.91. The van der Waals surface area contributed by atoms with Gasteiger partial charge >= 0.3 is 8.03 Å². The fraction of sp³-hybridized carbons (Fsp3) is 0.200. The van der Waals surface area contributed by atoms with Gasteiger partial charge in [0.2, 0.25) is 5.30 Å². The van der Waals surface area contributed by atoms with Gasteiger partial charge < -0.3 is 0 Å². The van der Waals surface area contributed by atoms with Crippen molar-refractivity contribution in [3.63, 3.8) is 0 Å². The van der Waals surface area contributed by atoms with Crippen LogP contribution in [0.25, 0.3) is 0 Å². The first-order chi connectivity index (χ1) is 9.90. The summed E-state index contributed by atoms with van der Waals surface area (Å²) in [6.45, 7) is 3.56. The molecule has 0 saturated carbocycles. The minimum Gasteiger partial charge on any atom is -0.258 e. The van der Waals surface area contributed by atoms with E-state index in [0.717, 1.165) is 5.56 Å². The minimum absolute atomic E-state index is 0.0157. The number of nitro benzene ring substituents is 1. The summed E-state index contributed by atoms with van der Waals surface area (Å²) in [5.74, 6) is 0. The van der Waals surface area contributed by atoms with Crippen LogP contribution in [0.3, 0.4) is 0 Å². The van der Waals surface area contributed by atoms with E-state index in [9.17, 15) is 14.7 Å². The SMILES string of the molecule is CC(C)(O[P+](=O)c1ccccc1)c1ccc([N+](=O)[O-])cc1. The van der Waals surface area contributed by atoms with Crippen molar-refractivity contribution in [3.8, 4) is 0 Å². The molecule has 0 N–H and O–H groups in total. The number of hydrogen-bond acceptors (Lipinski definition) is 4. The molecule has 21 heavy (non-hydrogen) atoms. The maximum Gasteiger partial charge on any atom is 0.549 e. The minimum atomic E-state index is -1.99. The first-order valence-electron chi connectivity index (χ1n) is 6.36. The summed E-state index contributed by atoms with van der Waals surface area (Å²) in [6.07, 6.45) is 0. The summed E-state index contributed by atoms with van der Waals surface area (Å²) < 4.78 is 17.9. The molecule has 0 radical (unpaired) electrons. The Morgan fingerprint density at radius 2 is 1.62 bits per heavy atom. The van der Waals surface area contributed by atoms with E-state index < -0.39 is 18.6 Å². The molecule has 0 heterocycles. The monoisotopic (exact) mass is 304 g/mol. The topological polar surface area (TPSA) is 69.4 Å². The summed E-state index contributed by atoms with van der Waals surface area (Å²) in [6, 6.07) is 15.0. The average Bonchev–Trinajstić information content (AvgIpc) is 2.48. The summed E-state index contributed by atoms with van der Waals surface area (Å²) in [5.41, 5.74) is -0.0623. The highest BCUT2D eigenvalue weighted by Crippen LogP contribution is 2.36. The van der Waals surface area contributed by atoms with Crippen molar-refractivity contribution in [1.82, 2.24) is 0 Å². The Bertz CT molecular complexity index is 653. The molecule has 1 atom stereocenters. The van der Waals surface area contributed by atoms with Gasteiger partial charge in [0.1, 0.15) is 5.60 Å². The second kappa shape index (κ2) is 6.12. The zero-order chi connectivity index (χ0) is 15.5. The van der Waals surface area contributed by atoms with Crippen molar-refractivity contribution in [2.24, 2.45) is 0 Å². The Balaban J connectivity index is 2.18. The normalized spacial score (nSPS) is 12.0. The largest absolute Gasteiger partial charge is 0.549 e. The first kappa shape index (κ1) is 15.3. The molecule has 0 aromatic heterocycles. The summed E-state index contributed by atoms with van der Waals surface area (Å²) in [7, 11) is -1.99. The van der Waals surface area contributed by atoms with Gasteiger partial charge in [-0.05, 0) is 48.2 Å². The van der Waals surface area contributed by atoms with Gasteiger partial charge in [0, 0.05) is 12.1 Å². The standard InChI is InChI=1S/C15H15NO4P/c1-15(2,12-8-10-13(11-9-12)16(17)18)20-21(19)14-6-4-3-5-7-14/h3-11H,1-2H3/q+1. The van der Waals surface area contributed by atoms with Crippen LogP contribution in [0.4, 0.5) is 5.69 Å². The van der Waals surface area contributed by atoms with Crippen molar-refractivity contribution < 1.29 is 14.0 Å². The Hall–Kier alpha value is -2.10. The van der Waals surface area contributed by atoms with E-state index >= 15 is 0 Å². The Morgan fingerprint density at radius 1 is 1.05 bits per heavy atom. The Labute approximate surface area is 123 Å². The van der Waals surface area contributed by atoms with Crippen LogP contribution in [0.5, 0.6) is 0 Å². The van der Waals surface area contributed by atoms with Crippen molar-refractivity contribution in [2.45, 2.75) is 19.4 Å². The van der Waals surface area contributed by atoms with E-state index in [0.29, 0.717) is 5.30 Å². The van der Waals surface area contributed by atoms with Crippen molar-refractivity contribution in [3.05, 3.63) is 70.3 Å². The molecule has 0 spiro atoms. The molecule has 2 rings (SSSR count). The fourth-order valence-electron chi connectivity index (χ4n) is 1.85. The molecule has 0 amide bonds. The molecule has 6 heteroatoms. The van der Waals surface area contributed by atoms with Crippen LogP contribution in [-0.4, -0.2) is 4.92 Å². The van der Waals surface area contributed by atoms with Gasteiger partial charge in [0.05, 0.1) is 4.92 Å². The number of benzene rings is 2. The molecular formula is C15H15NO4P+. The molecule has 0 aliphatic heterocycles. The van der Waals surface area contributed by atoms with Crippen LogP contribution >= 0.6 is 8.03 Å². The third-order valence-corrected chi connectivity index (χ3v) is 4.39. The second-order valence-electron chi connectivity index (χ2n) is 5.00. The van der Waals surface area contributed by atoms with Crippen LogP contribution in [0.15, 0.2) is 54.6 Å². The third-order valence-electron chi connectivity index (χ3n) is 3.05. The third kappa shape index (κ3) is 3.72.